The number of halogens is 1. The van der Waals surface area contributed by atoms with E-state index in [0.29, 0.717) is 22.9 Å². The Bertz CT molecular complexity index is 582. The van der Waals surface area contributed by atoms with Crippen LogP contribution in [0.5, 0.6) is 0 Å². The van der Waals surface area contributed by atoms with Gasteiger partial charge in [0.05, 0.1) is 22.4 Å². The summed E-state index contributed by atoms with van der Waals surface area (Å²) in [6, 6.07) is 1.25. The fourth-order valence-electron chi connectivity index (χ4n) is 1.94. The molecule has 1 heterocycles. The van der Waals surface area contributed by atoms with Crippen molar-refractivity contribution in [2.24, 2.45) is 0 Å². The molecule has 0 bridgehead atoms. The van der Waals surface area contributed by atoms with Crippen LogP contribution in [-0.2, 0) is 13.8 Å². The Hall–Kier alpha value is -0.630. The molecule has 0 aliphatic carbocycles. The summed E-state index contributed by atoms with van der Waals surface area (Å²) >= 11 is 1.13. The maximum Gasteiger partial charge on any atom is 0.264 e. The van der Waals surface area contributed by atoms with Gasteiger partial charge < -0.3 is 9.64 Å². The molecular formula is C12H18ClNO4S2. The van der Waals surface area contributed by atoms with Crippen molar-refractivity contribution in [1.29, 1.82) is 0 Å². The van der Waals surface area contributed by atoms with Crippen LogP contribution in [0.2, 0.25) is 0 Å². The summed E-state index contributed by atoms with van der Waals surface area (Å²) in [7, 11) is 3.09. The summed E-state index contributed by atoms with van der Waals surface area (Å²) in [5, 5.41) is 0. The molecule has 114 valence electrons. The van der Waals surface area contributed by atoms with Crippen LogP contribution in [0.1, 0.15) is 28.4 Å². The number of amides is 1. The molecule has 1 aromatic rings. The van der Waals surface area contributed by atoms with Gasteiger partial charge in [-0.1, -0.05) is 0 Å². The molecule has 1 amide bonds. The van der Waals surface area contributed by atoms with E-state index in [0.717, 1.165) is 11.3 Å². The number of carbonyl (C=O) groups is 1. The molecule has 0 aliphatic rings. The Labute approximate surface area is 127 Å². The van der Waals surface area contributed by atoms with E-state index in [1.165, 1.54) is 6.07 Å². The van der Waals surface area contributed by atoms with Gasteiger partial charge in [-0.3, -0.25) is 4.79 Å². The highest BCUT2D eigenvalue weighted by atomic mass is 35.7. The molecule has 0 spiro atoms. The number of methoxy groups -OCH3 is 1. The van der Waals surface area contributed by atoms with E-state index in [-0.39, 0.29) is 16.8 Å². The van der Waals surface area contributed by atoms with Crippen molar-refractivity contribution in [1.82, 2.24) is 4.90 Å². The maximum atomic E-state index is 12.4. The van der Waals surface area contributed by atoms with Crippen LogP contribution >= 0.6 is 22.0 Å². The van der Waals surface area contributed by atoms with Crippen LogP contribution in [0.3, 0.4) is 0 Å². The second-order valence-electron chi connectivity index (χ2n) is 4.36. The van der Waals surface area contributed by atoms with Crippen molar-refractivity contribution < 1.29 is 17.9 Å². The number of thiophene rings is 1. The minimum atomic E-state index is -3.82. The van der Waals surface area contributed by atoms with E-state index >= 15 is 0 Å². The SMILES string of the molecule is CCN(C(=O)c1cc(S(=O)(=O)Cl)c(C)s1)C(C)COC. The molecule has 1 atom stereocenters. The van der Waals surface area contributed by atoms with Crippen LogP contribution in [-0.4, -0.2) is 45.5 Å². The third-order valence-corrected chi connectivity index (χ3v) is 5.50. The van der Waals surface area contributed by atoms with Crippen LogP contribution in [0, 0.1) is 6.92 Å². The first kappa shape index (κ1) is 17.4. The molecule has 0 fully saturated rings. The minimum absolute atomic E-state index is 0.00274. The van der Waals surface area contributed by atoms with Crippen molar-refractivity contribution in [2.45, 2.75) is 31.7 Å². The van der Waals surface area contributed by atoms with E-state index in [1.54, 1.807) is 18.9 Å². The first-order valence-electron chi connectivity index (χ1n) is 6.07. The van der Waals surface area contributed by atoms with E-state index in [1.807, 2.05) is 13.8 Å². The quantitative estimate of drug-likeness (QED) is 0.747. The highest BCUT2D eigenvalue weighted by Crippen LogP contribution is 2.29. The molecule has 0 radical (unpaired) electrons. The molecule has 1 unspecified atom stereocenters. The molecule has 0 aliphatic heterocycles. The first-order valence-corrected chi connectivity index (χ1v) is 9.19. The van der Waals surface area contributed by atoms with Gasteiger partial charge in [-0.25, -0.2) is 8.42 Å². The van der Waals surface area contributed by atoms with Crippen molar-refractivity contribution in [3.8, 4) is 0 Å². The Morgan fingerprint density at radius 3 is 2.55 bits per heavy atom. The third-order valence-electron chi connectivity index (χ3n) is 2.89. The first-order chi connectivity index (χ1) is 9.22. The normalized spacial score (nSPS) is 13.2. The van der Waals surface area contributed by atoms with Crippen LogP contribution in [0.4, 0.5) is 0 Å². The number of ether oxygens (including phenoxy) is 1. The van der Waals surface area contributed by atoms with Gasteiger partial charge in [-0.15, -0.1) is 11.3 Å². The summed E-state index contributed by atoms with van der Waals surface area (Å²) < 4.78 is 27.8. The second-order valence-corrected chi connectivity index (χ2v) is 8.16. The van der Waals surface area contributed by atoms with Crippen LogP contribution in [0.25, 0.3) is 0 Å². The Balaban J connectivity index is 3.08. The predicted octanol–water partition coefficient (Wildman–Crippen LogP) is 2.48. The Kier molecular flexibility index (Phi) is 6.00. The molecule has 1 aromatic heterocycles. The largest absolute Gasteiger partial charge is 0.383 e. The number of carbonyl (C=O) groups excluding carboxylic acids is 1. The van der Waals surface area contributed by atoms with E-state index in [4.69, 9.17) is 15.4 Å². The Morgan fingerprint density at radius 1 is 1.55 bits per heavy atom. The van der Waals surface area contributed by atoms with Gasteiger partial charge in [0.15, 0.2) is 0 Å². The zero-order chi connectivity index (χ0) is 15.5. The average molecular weight is 340 g/mol. The van der Waals surface area contributed by atoms with Gasteiger partial charge >= 0.3 is 0 Å². The van der Waals surface area contributed by atoms with Crippen molar-refractivity contribution in [3.63, 3.8) is 0 Å². The topological polar surface area (TPSA) is 63.7 Å². The van der Waals surface area contributed by atoms with Gasteiger partial charge in [0, 0.05) is 29.2 Å². The van der Waals surface area contributed by atoms with Gasteiger partial charge in [-0.2, -0.15) is 0 Å². The molecule has 20 heavy (non-hydrogen) atoms. The average Bonchev–Trinajstić information content (AvgIpc) is 2.72. The lowest BCUT2D eigenvalue weighted by Crippen LogP contribution is -2.40. The smallest absolute Gasteiger partial charge is 0.264 e. The molecule has 8 heteroatoms. The van der Waals surface area contributed by atoms with Crippen LogP contribution in [0.15, 0.2) is 11.0 Å². The summed E-state index contributed by atoms with van der Waals surface area (Å²) in [4.78, 5) is 14.9. The Morgan fingerprint density at radius 2 is 2.15 bits per heavy atom. The zero-order valence-corrected chi connectivity index (χ0v) is 14.2. The van der Waals surface area contributed by atoms with Crippen molar-refractivity contribution >= 4 is 37.0 Å². The number of hydrogen-bond donors (Lipinski definition) is 0. The molecule has 0 saturated carbocycles. The highest BCUT2D eigenvalue weighted by Gasteiger charge is 2.25. The van der Waals surface area contributed by atoms with Gasteiger partial charge in [0.1, 0.15) is 0 Å². The summed E-state index contributed by atoms with van der Waals surface area (Å²) in [6.45, 7) is 6.31. The standard InChI is InChI=1S/C12H18ClNO4S2/c1-5-14(8(2)7-18-4)12(15)10-6-11(9(3)19-10)20(13,16)17/h6,8H,5,7H2,1-4H3. The number of nitrogens with zero attached hydrogens (tertiary/aromatic N) is 1. The van der Waals surface area contributed by atoms with Gasteiger partial charge in [0.2, 0.25) is 0 Å². The van der Waals surface area contributed by atoms with E-state index < -0.39 is 9.05 Å². The fourth-order valence-corrected chi connectivity index (χ4v) is 4.56. The minimum Gasteiger partial charge on any atom is -0.383 e. The van der Waals surface area contributed by atoms with Crippen molar-refractivity contribution in [2.75, 3.05) is 20.3 Å². The summed E-state index contributed by atoms with van der Waals surface area (Å²) in [6.07, 6.45) is 0. The molecule has 0 aromatic carbocycles. The highest BCUT2D eigenvalue weighted by molar-refractivity contribution is 8.13. The molecule has 1 rings (SSSR count). The van der Waals surface area contributed by atoms with Gasteiger partial charge in [0.25, 0.3) is 15.0 Å². The molecule has 5 nitrogen and oxygen atoms in total. The monoisotopic (exact) mass is 339 g/mol. The van der Waals surface area contributed by atoms with Gasteiger partial charge in [-0.05, 0) is 26.8 Å². The summed E-state index contributed by atoms with van der Waals surface area (Å²) in [5.74, 6) is -0.211. The lowest BCUT2D eigenvalue weighted by molar-refractivity contribution is 0.0583. The third kappa shape index (κ3) is 3.94. The second kappa shape index (κ2) is 6.89. The van der Waals surface area contributed by atoms with Crippen LogP contribution < -0.4 is 0 Å². The van der Waals surface area contributed by atoms with E-state index in [9.17, 15) is 13.2 Å². The number of hydrogen-bond acceptors (Lipinski definition) is 5. The van der Waals surface area contributed by atoms with E-state index in [2.05, 4.69) is 0 Å². The lowest BCUT2D eigenvalue weighted by Gasteiger charge is -2.27. The molecular weight excluding hydrogens is 322 g/mol. The molecule has 0 N–H and O–H groups in total. The predicted molar refractivity (Wildman–Crippen MR) is 80.1 cm³/mol. The number of likely N-dealkylation sites (N-methyl/N-ethyl adjacent to an activating group) is 1. The number of aryl methyl sites for hydroxylation is 1. The molecule has 0 saturated heterocycles. The fraction of sp³-hybridized carbons (Fsp3) is 0.583. The lowest BCUT2D eigenvalue weighted by atomic mass is 10.2. The maximum absolute atomic E-state index is 12.4. The van der Waals surface area contributed by atoms with Crippen molar-refractivity contribution in [3.05, 3.63) is 15.8 Å². The number of rotatable bonds is 6. The zero-order valence-electron chi connectivity index (χ0n) is 11.8. The summed E-state index contributed by atoms with van der Waals surface area (Å²) in [5.41, 5.74) is 0.